The summed E-state index contributed by atoms with van der Waals surface area (Å²) in [5, 5.41) is 13.9. The van der Waals surface area contributed by atoms with Crippen molar-refractivity contribution in [3.8, 4) is 5.75 Å². The summed E-state index contributed by atoms with van der Waals surface area (Å²) in [5.41, 5.74) is 2.00. The van der Waals surface area contributed by atoms with E-state index in [9.17, 15) is 14.9 Å². The van der Waals surface area contributed by atoms with Crippen LogP contribution in [0.1, 0.15) is 28.4 Å². The average molecular weight is 393 g/mol. The van der Waals surface area contributed by atoms with Crippen LogP contribution in [0.15, 0.2) is 34.8 Å². The zero-order valence-corrected chi connectivity index (χ0v) is 15.1. The Morgan fingerprint density at radius 3 is 2.58 bits per heavy atom. The van der Waals surface area contributed by atoms with Gasteiger partial charge in [-0.3, -0.25) is 14.9 Å². The minimum atomic E-state index is -0.504. The second kappa shape index (κ2) is 7.44. The van der Waals surface area contributed by atoms with Crippen molar-refractivity contribution in [3.63, 3.8) is 0 Å². The molecule has 0 atom stereocenters. The van der Waals surface area contributed by atoms with Crippen molar-refractivity contribution in [2.75, 3.05) is 11.9 Å². The summed E-state index contributed by atoms with van der Waals surface area (Å²) in [6.07, 6.45) is 0. The number of rotatable bonds is 5. The lowest BCUT2D eigenvalue weighted by atomic mass is 10.1. The molecule has 2 aromatic rings. The number of nitro benzene ring substituents is 1. The lowest BCUT2D eigenvalue weighted by molar-refractivity contribution is -0.384. The van der Waals surface area contributed by atoms with Gasteiger partial charge in [-0.05, 0) is 66.0 Å². The van der Waals surface area contributed by atoms with Crippen LogP contribution >= 0.6 is 15.9 Å². The first-order chi connectivity index (χ1) is 11.3. The van der Waals surface area contributed by atoms with Crippen molar-refractivity contribution < 1.29 is 14.5 Å². The third-order valence-electron chi connectivity index (χ3n) is 3.64. The largest absolute Gasteiger partial charge is 0.493 e. The number of anilines is 1. The molecule has 0 saturated heterocycles. The van der Waals surface area contributed by atoms with Crippen molar-refractivity contribution in [1.29, 1.82) is 0 Å². The molecule has 0 aliphatic rings. The van der Waals surface area contributed by atoms with Crippen molar-refractivity contribution in [1.82, 2.24) is 0 Å². The van der Waals surface area contributed by atoms with Gasteiger partial charge in [-0.15, -0.1) is 0 Å². The van der Waals surface area contributed by atoms with Crippen LogP contribution in [-0.2, 0) is 0 Å². The molecule has 0 unspecified atom stereocenters. The second-order valence-electron chi connectivity index (χ2n) is 5.19. The standard InChI is InChI=1S/C17H17BrN2O4/c1-4-24-15-8-6-12(9-13(15)18)17(21)19-16-11(3)10(2)5-7-14(16)20(22)23/h5-9H,4H2,1-3H3,(H,19,21). The molecule has 126 valence electrons. The fourth-order valence-electron chi connectivity index (χ4n) is 2.21. The van der Waals surface area contributed by atoms with E-state index in [2.05, 4.69) is 21.2 Å². The molecular formula is C17H17BrN2O4. The van der Waals surface area contributed by atoms with E-state index in [1.54, 1.807) is 31.2 Å². The molecule has 0 aliphatic heterocycles. The van der Waals surface area contributed by atoms with E-state index < -0.39 is 10.8 Å². The van der Waals surface area contributed by atoms with Crippen LogP contribution in [0.2, 0.25) is 0 Å². The van der Waals surface area contributed by atoms with Gasteiger partial charge in [-0.2, -0.15) is 0 Å². The van der Waals surface area contributed by atoms with Crippen LogP contribution in [0.25, 0.3) is 0 Å². The van der Waals surface area contributed by atoms with Crippen molar-refractivity contribution in [3.05, 3.63) is 61.6 Å². The third kappa shape index (κ3) is 3.73. The Bertz CT molecular complexity index is 805. The molecule has 7 heteroatoms. The highest BCUT2D eigenvalue weighted by molar-refractivity contribution is 9.10. The molecule has 2 aromatic carbocycles. The predicted molar refractivity (Wildman–Crippen MR) is 95.8 cm³/mol. The van der Waals surface area contributed by atoms with E-state index in [0.717, 1.165) is 5.56 Å². The Labute approximate surface area is 148 Å². The number of carbonyl (C=O) groups is 1. The number of halogens is 1. The Morgan fingerprint density at radius 2 is 2.00 bits per heavy atom. The van der Waals surface area contributed by atoms with Crippen molar-refractivity contribution in [2.24, 2.45) is 0 Å². The molecule has 6 nitrogen and oxygen atoms in total. The summed E-state index contributed by atoms with van der Waals surface area (Å²) in [7, 11) is 0. The molecule has 2 rings (SSSR count). The number of nitrogens with zero attached hydrogens (tertiary/aromatic N) is 1. The van der Waals surface area contributed by atoms with E-state index in [4.69, 9.17) is 4.74 Å². The van der Waals surface area contributed by atoms with Gasteiger partial charge in [-0.1, -0.05) is 6.07 Å². The fourth-order valence-corrected chi connectivity index (χ4v) is 2.71. The molecular weight excluding hydrogens is 376 g/mol. The van der Waals surface area contributed by atoms with E-state index in [1.165, 1.54) is 6.07 Å². The number of amides is 1. The SMILES string of the molecule is CCOc1ccc(C(=O)Nc2c([N+](=O)[O-])ccc(C)c2C)cc1Br. The lowest BCUT2D eigenvalue weighted by Gasteiger charge is -2.12. The topological polar surface area (TPSA) is 81.5 Å². The van der Waals surface area contributed by atoms with Gasteiger partial charge in [0, 0.05) is 11.6 Å². The van der Waals surface area contributed by atoms with Gasteiger partial charge in [0.2, 0.25) is 0 Å². The fraction of sp³-hybridized carbons (Fsp3) is 0.235. The molecule has 0 heterocycles. The summed E-state index contributed by atoms with van der Waals surface area (Å²) >= 11 is 3.35. The highest BCUT2D eigenvalue weighted by Crippen LogP contribution is 2.31. The van der Waals surface area contributed by atoms with E-state index >= 15 is 0 Å². The number of hydrogen-bond donors (Lipinski definition) is 1. The molecule has 1 N–H and O–H groups in total. The highest BCUT2D eigenvalue weighted by Gasteiger charge is 2.20. The number of hydrogen-bond acceptors (Lipinski definition) is 4. The zero-order valence-electron chi connectivity index (χ0n) is 13.6. The second-order valence-corrected chi connectivity index (χ2v) is 6.05. The summed E-state index contributed by atoms with van der Waals surface area (Å²) in [6.45, 7) is 5.96. The van der Waals surface area contributed by atoms with E-state index in [-0.39, 0.29) is 11.4 Å². The van der Waals surface area contributed by atoms with E-state index in [1.807, 2.05) is 13.8 Å². The lowest BCUT2D eigenvalue weighted by Crippen LogP contribution is -2.14. The summed E-state index contributed by atoms with van der Waals surface area (Å²) in [5.74, 6) is 0.210. The van der Waals surface area contributed by atoms with Gasteiger partial charge in [0.05, 0.1) is 16.0 Å². The normalized spacial score (nSPS) is 10.3. The smallest absolute Gasteiger partial charge is 0.293 e. The van der Waals surface area contributed by atoms with Crippen LogP contribution in [-0.4, -0.2) is 17.4 Å². The molecule has 0 aliphatic carbocycles. The van der Waals surface area contributed by atoms with Crippen molar-refractivity contribution in [2.45, 2.75) is 20.8 Å². The van der Waals surface area contributed by atoms with E-state index in [0.29, 0.717) is 28.0 Å². The molecule has 0 spiro atoms. The van der Waals surface area contributed by atoms with Gasteiger partial charge >= 0.3 is 0 Å². The summed E-state index contributed by atoms with van der Waals surface area (Å²) < 4.78 is 6.05. The first-order valence-electron chi connectivity index (χ1n) is 7.33. The quantitative estimate of drug-likeness (QED) is 0.594. The van der Waals surface area contributed by atoms with Crippen LogP contribution in [0, 0.1) is 24.0 Å². The molecule has 0 saturated carbocycles. The first kappa shape index (κ1) is 17.9. The summed E-state index contributed by atoms with van der Waals surface area (Å²) in [4.78, 5) is 23.2. The predicted octanol–water partition coefficient (Wildman–Crippen LogP) is 4.63. The van der Waals surface area contributed by atoms with Crippen LogP contribution in [0.4, 0.5) is 11.4 Å². The van der Waals surface area contributed by atoms with Crippen molar-refractivity contribution >= 4 is 33.2 Å². The minimum absolute atomic E-state index is 0.128. The zero-order chi connectivity index (χ0) is 17.9. The first-order valence-corrected chi connectivity index (χ1v) is 8.12. The minimum Gasteiger partial charge on any atom is -0.493 e. The van der Waals surface area contributed by atoms with Crippen LogP contribution < -0.4 is 10.1 Å². The number of nitrogens with one attached hydrogen (secondary N) is 1. The third-order valence-corrected chi connectivity index (χ3v) is 4.26. The Morgan fingerprint density at radius 1 is 1.29 bits per heavy atom. The Kier molecular flexibility index (Phi) is 5.56. The maximum atomic E-state index is 12.5. The maximum absolute atomic E-state index is 12.5. The number of benzene rings is 2. The van der Waals surface area contributed by atoms with Gasteiger partial charge < -0.3 is 10.1 Å². The van der Waals surface area contributed by atoms with Gasteiger partial charge in [0.15, 0.2) is 0 Å². The monoisotopic (exact) mass is 392 g/mol. The molecule has 0 bridgehead atoms. The van der Waals surface area contributed by atoms with Crippen LogP contribution in [0.3, 0.4) is 0 Å². The van der Waals surface area contributed by atoms with Gasteiger partial charge in [0.1, 0.15) is 11.4 Å². The average Bonchev–Trinajstić information content (AvgIpc) is 2.53. The molecule has 1 amide bonds. The molecule has 0 aromatic heterocycles. The maximum Gasteiger partial charge on any atom is 0.293 e. The molecule has 0 fully saturated rings. The van der Waals surface area contributed by atoms with Gasteiger partial charge in [0.25, 0.3) is 11.6 Å². The highest BCUT2D eigenvalue weighted by atomic mass is 79.9. The summed E-state index contributed by atoms with van der Waals surface area (Å²) in [6, 6.07) is 7.97. The number of aryl methyl sites for hydroxylation is 1. The number of ether oxygens (including phenoxy) is 1. The Balaban J connectivity index is 2.35. The number of carbonyl (C=O) groups excluding carboxylic acids is 1. The number of nitro groups is 1. The molecule has 24 heavy (non-hydrogen) atoms. The Hall–Kier alpha value is -2.41. The van der Waals surface area contributed by atoms with Crippen LogP contribution in [0.5, 0.6) is 5.75 Å². The van der Waals surface area contributed by atoms with Gasteiger partial charge in [-0.25, -0.2) is 0 Å². The molecule has 0 radical (unpaired) electrons.